The number of furan rings is 1. The van der Waals surface area contributed by atoms with E-state index in [-0.39, 0.29) is 5.91 Å². The monoisotopic (exact) mass is 312 g/mol. The fourth-order valence-corrected chi connectivity index (χ4v) is 2.81. The summed E-state index contributed by atoms with van der Waals surface area (Å²) in [6.45, 7) is 9.01. The second-order valence-electron chi connectivity index (χ2n) is 5.68. The minimum atomic E-state index is -0.233. The summed E-state index contributed by atoms with van der Waals surface area (Å²) in [5.74, 6) is 0.852. The van der Waals surface area contributed by atoms with Crippen LogP contribution in [0.2, 0.25) is 0 Å². The summed E-state index contributed by atoms with van der Waals surface area (Å²) in [5, 5.41) is 11.8. The van der Waals surface area contributed by atoms with E-state index in [2.05, 4.69) is 15.5 Å². The Balaban J connectivity index is 1.88. The Morgan fingerprint density at radius 1 is 1.26 bits per heavy atom. The van der Waals surface area contributed by atoms with Gasteiger partial charge in [-0.3, -0.25) is 4.79 Å². The number of hydrogen-bond acceptors (Lipinski definition) is 4. The number of hydrogen-bond donors (Lipinski definition) is 1. The van der Waals surface area contributed by atoms with Crippen LogP contribution in [-0.4, -0.2) is 20.7 Å². The van der Waals surface area contributed by atoms with Gasteiger partial charge in [0.2, 0.25) is 0 Å². The molecular formula is C17H20N4O2. The molecule has 0 aliphatic rings. The van der Waals surface area contributed by atoms with Crippen molar-refractivity contribution in [2.24, 2.45) is 0 Å². The predicted octanol–water partition coefficient (Wildman–Crippen LogP) is 2.90. The normalized spacial score (nSPS) is 11.1. The second kappa shape index (κ2) is 5.87. The highest BCUT2D eigenvalue weighted by Crippen LogP contribution is 2.30. The molecule has 3 aromatic rings. The van der Waals surface area contributed by atoms with E-state index in [1.165, 1.54) is 0 Å². The lowest BCUT2D eigenvalue weighted by molar-refractivity contribution is 0.0923. The maximum atomic E-state index is 12.5. The van der Waals surface area contributed by atoms with Crippen molar-refractivity contribution in [3.05, 3.63) is 46.7 Å². The molecule has 0 unspecified atom stereocenters. The van der Waals surface area contributed by atoms with Crippen LogP contribution in [0, 0.1) is 20.8 Å². The molecule has 0 atom stereocenters. The number of nitrogens with zero attached hydrogens (tertiary/aromatic N) is 3. The lowest BCUT2D eigenvalue weighted by Crippen LogP contribution is -2.24. The number of carbonyl (C=O) groups is 1. The van der Waals surface area contributed by atoms with Crippen LogP contribution in [0.4, 0.5) is 0 Å². The summed E-state index contributed by atoms with van der Waals surface area (Å²) in [6.07, 6.45) is 1.65. The van der Waals surface area contributed by atoms with Crippen LogP contribution in [0.1, 0.15) is 40.0 Å². The molecule has 0 fully saturated rings. The number of aromatic nitrogens is 3. The van der Waals surface area contributed by atoms with Crippen molar-refractivity contribution < 1.29 is 9.21 Å². The fraction of sp³-hybridized carbons (Fsp3) is 0.353. The molecule has 6 heteroatoms. The number of rotatable bonds is 4. The SMILES string of the molecule is CCn1cnnc1CNC(=O)c1oc2c(C)ccc(C)c2c1C. The van der Waals surface area contributed by atoms with E-state index in [9.17, 15) is 4.79 Å². The predicted molar refractivity (Wildman–Crippen MR) is 87.3 cm³/mol. The molecule has 0 bridgehead atoms. The Bertz CT molecular complexity index is 876. The van der Waals surface area contributed by atoms with Crippen molar-refractivity contribution in [3.8, 4) is 0 Å². The van der Waals surface area contributed by atoms with Crippen LogP contribution < -0.4 is 5.32 Å². The first-order valence-corrected chi connectivity index (χ1v) is 7.67. The molecule has 6 nitrogen and oxygen atoms in total. The van der Waals surface area contributed by atoms with Crippen LogP contribution in [0.25, 0.3) is 11.0 Å². The quantitative estimate of drug-likeness (QED) is 0.804. The lowest BCUT2D eigenvalue weighted by atomic mass is 10.0. The van der Waals surface area contributed by atoms with Gasteiger partial charge < -0.3 is 14.3 Å². The minimum absolute atomic E-state index is 0.233. The summed E-state index contributed by atoms with van der Waals surface area (Å²) >= 11 is 0. The van der Waals surface area contributed by atoms with Gasteiger partial charge in [-0.25, -0.2) is 0 Å². The summed E-state index contributed by atoms with van der Waals surface area (Å²) in [6, 6.07) is 4.05. The summed E-state index contributed by atoms with van der Waals surface area (Å²) in [4.78, 5) is 12.5. The van der Waals surface area contributed by atoms with Gasteiger partial charge in [-0.1, -0.05) is 12.1 Å². The number of nitrogens with one attached hydrogen (secondary N) is 1. The van der Waals surface area contributed by atoms with E-state index in [0.29, 0.717) is 12.3 Å². The van der Waals surface area contributed by atoms with E-state index in [1.807, 2.05) is 44.4 Å². The lowest BCUT2D eigenvalue weighted by Gasteiger charge is -2.05. The van der Waals surface area contributed by atoms with E-state index in [1.54, 1.807) is 6.33 Å². The third-order valence-corrected chi connectivity index (χ3v) is 4.13. The largest absolute Gasteiger partial charge is 0.450 e. The average molecular weight is 312 g/mol. The highest BCUT2D eigenvalue weighted by atomic mass is 16.3. The zero-order chi connectivity index (χ0) is 16.6. The van der Waals surface area contributed by atoms with Gasteiger partial charge in [0.1, 0.15) is 11.9 Å². The maximum absolute atomic E-state index is 12.5. The van der Waals surface area contributed by atoms with E-state index < -0.39 is 0 Å². The molecule has 2 aromatic heterocycles. The molecule has 120 valence electrons. The molecule has 1 N–H and O–H groups in total. The Morgan fingerprint density at radius 3 is 2.70 bits per heavy atom. The minimum Gasteiger partial charge on any atom is -0.450 e. The van der Waals surface area contributed by atoms with Crippen LogP contribution in [0.3, 0.4) is 0 Å². The molecule has 23 heavy (non-hydrogen) atoms. The standard InChI is InChI=1S/C17H20N4O2/c1-5-21-9-19-20-13(21)8-18-17(22)16-12(4)14-10(2)6-7-11(3)15(14)23-16/h6-7,9H,5,8H2,1-4H3,(H,18,22). The van der Waals surface area contributed by atoms with Crippen LogP contribution >= 0.6 is 0 Å². The highest BCUT2D eigenvalue weighted by molar-refractivity contribution is 6.00. The van der Waals surface area contributed by atoms with Gasteiger partial charge in [-0.05, 0) is 38.8 Å². The van der Waals surface area contributed by atoms with E-state index in [4.69, 9.17) is 4.42 Å². The molecule has 1 aromatic carbocycles. The topological polar surface area (TPSA) is 73.0 Å². The van der Waals surface area contributed by atoms with Gasteiger partial charge in [-0.15, -0.1) is 10.2 Å². The van der Waals surface area contributed by atoms with Gasteiger partial charge in [0.05, 0.1) is 6.54 Å². The molecule has 0 aliphatic carbocycles. The van der Waals surface area contributed by atoms with Crippen molar-refractivity contribution in [2.75, 3.05) is 0 Å². The van der Waals surface area contributed by atoms with Crippen LogP contribution in [0.5, 0.6) is 0 Å². The highest BCUT2D eigenvalue weighted by Gasteiger charge is 2.20. The van der Waals surface area contributed by atoms with Gasteiger partial charge in [0, 0.05) is 17.5 Å². The van der Waals surface area contributed by atoms with Gasteiger partial charge >= 0.3 is 0 Å². The Kier molecular flexibility index (Phi) is 3.90. The molecule has 3 rings (SSSR count). The first-order chi connectivity index (χ1) is 11.0. The number of carbonyl (C=O) groups excluding carboxylic acids is 1. The van der Waals surface area contributed by atoms with E-state index >= 15 is 0 Å². The van der Waals surface area contributed by atoms with Crippen molar-refractivity contribution >= 4 is 16.9 Å². The first kappa shape index (κ1) is 15.3. The van der Waals surface area contributed by atoms with E-state index in [0.717, 1.165) is 40.0 Å². The summed E-state index contributed by atoms with van der Waals surface area (Å²) in [5.41, 5.74) is 3.79. The third-order valence-electron chi connectivity index (χ3n) is 4.13. The molecule has 0 aliphatic heterocycles. The molecule has 0 spiro atoms. The molecule has 0 saturated carbocycles. The smallest absolute Gasteiger partial charge is 0.287 e. The van der Waals surface area contributed by atoms with Crippen molar-refractivity contribution in [3.63, 3.8) is 0 Å². The Hall–Kier alpha value is -2.63. The maximum Gasteiger partial charge on any atom is 0.287 e. The zero-order valence-electron chi connectivity index (χ0n) is 13.8. The Labute approximate surface area is 134 Å². The summed E-state index contributed by atoms with van der Waals surface area (Å²) in [7, 11) is 0. The number of amides is 1. The summed E-state index contributed by atoms with van der Waals surface area (Å²) < 4.78 is 7.73. The van der Waals surface area contributed by atoms with Crippen molar-refractivity contribution in [1.29, 1.82) is 0 Å². The molecule has 0 radical (unpaired) electrons. The van der Waals surface area contributed by atoms with Crippen molar-refractivity contribution in [1.82, 2.24) is 20.1 Å². The van der Waals surface area contributed by atoms with Gasteiger partial charge in [-0.2, -0.15) is 0 Å². The van der Waals surface area contributed by atoms with Crippen LogP contribution in [0.15, 0.2) is 22.9 Å². The van der Waals surface area contributed by atoms with Gasteiger partial charge in [0.25, 0.3) is 5.91 Å². The number of aryl methyl sites for hydroxylation is 4. The van der Waals surface area contributed by atoms with Gasteiger partial charge in [0.15, 0.2) is 11.6 Å². The number of benzene rings is 1. The first-order valence-electron chi connectivity index (χ1n) is 7.67. The van der Waals surface area contributed by atoms with Crippen LogP contribution in [-0.2, 0) is 13.1 Å². The van der Waals surface area contributed by atoms with Crippen molar-refractivity contribution in [2.45, 2.75) is 40.8 Å². The third kappa shape index (κ3) is 2.60. The fourth-order valence-electron chi connectivity index (χ4n) is 2.81. The molecule has 2 heterocycles. The molecular weight excluding hydrogens is 292 g/mol. The number of fused-ring (bicyclic) bond motifs is 1. The second-order valence-corrected chi connectivity index (χ2v) is 5.68. The molecule has 0 saturated heterocycles. The Morgan fingerprint density at radius 2 is 2.00 bits per heavy atom. The molecule has 1 amide bonds. The average Bonchev–Trinajstić information content (AvgIpc) is 3.13. The zero-order valence-corrected chi connectivity index (χ0v) is 13.8.